The number of nitrogens with zero attached hydrogens (tertiary/aromatic N) is 1. The summed E-state index contributed by atoms with van der Waals surface area (Å²) in [5.41, 5.74) is 6.86. The monoisotopic (exact) mass is 252 g/mol. The first-order chi connectivity index (χ1) is 8.40. The summed E-state index contributed by atoms with van der Waals surface area (Å²) in [7, 11) is 0. The average molecular weight is 252 g/mol. The average Bonchev–Trinajstić information content (AvgIpc) is 3.07. The van der Waals surface area contributed by atoms with E-state index in [0.717, 1.165) is 5.92 Å². The smallest absolute Gasteiger partial charge is 0.0131 e. The SMILES string of the molecule is CC(C)N(CC1CC1)CC1CCCC(C)(C)C1N. The highest BCUT2D eigenvalue weighted by Crippen LogP contribution is 2.39. The zero-order valence-corrected chi connectivity index (χ0v) is 12.8. The van der Waals surface area contributed by atoms with E-state index in [4.69, 9.17) is 5.73 Å². The summed E-state index contributed by atoms with van der Waals surface area (Å²) >= 11 is 0. The first-order valence-electron chi connectivity index (χ1n) is 7.90. The van der Waals surface area contributed by atoms with Gasteiger partial charge in [0, 0.05) is 25.2 Å². The van der Waals surface area contributed by atoms with Crippen LogP contribution in [-0.2, 0) is 0 Å². The second-order valence-corrected chi connectivity index (χ2v) is 7.66. The van der Waals surface area contributed by atoms with E-state index in [1.54, 1.807) is 0 Å². The van der Waals surface area contributed by atoms with Gasteiger partial charge in [-0.15, -0.1) is 0 Å². The first-order valence-corrected chi connectivity index (χ1v) is 7.90. The van der Waals surface area contributed by atoms with Crippen LogP contribution in [0.4, 0.5) is 0 Å². The Kier molecular flexibility index (Phi) is 4.38. The van der Waals surface area contributed by atoms with Crippen molar-refractivity contribution in [1.29, 1.82) is 0 Å². The highest BCUT2D eigenvalue weighted by molar-refractivity contribution is 4.93. The Bertz CT molecular complexity index is 268. The maximum atomic E-state index is 6.52. The summed E-state index contributed by atoms with van der Waals surface area (Å²) in [6.45, 7) is 11.9. The van der Waals surface area contributed by atoms with Crippen LogP contribution in [0.1, 0.15) is 59.8 Å². The third kappa shape index (κ3) is 3.48. The van der Waals surface area contributed by atoms with Crippen LogP contribution < -0.4 is 5.73 Å². The van der Waals surface area contributed by atoms with Crippen LogP contribution in [-0.4, -0.2) is 30.1 Å². The molecule has 18 heavy (non-hydrogen) atoms. The molecular formula is C16H32N2. The van der Waals surface area contributed by atoms with E-state index in [9.17, 15) is 0 Å². The predicted molar refractivity (Wildman–Crippen MR) is 78.5 cm³/mol. The molecular weight excluding hydrogens is 220 g/mol. The van der Waals surface area contributed by atoms with Crippen molar-refractivity contribution >= 4 is 0 Å². The van der Waals surface area contributed by atoms with Gasteiger partial charge in [0.2, 0.25) is 0 Å². The molecule has 2 fully saturated rings. The van der Waals surface area contributed by atoms with Gasteiger partial charge in [-0.3, -0.25) is 0 Å². The molecule has 0 aliphatic heterocycles. The molecule has 0 heterocycles. The largest absolute Gasteiger partial charge is 0.327 e. The minimum atomic E-state index is 0.338. The molecule has 2 atom stereocenters. The van der Waals surface area contributed by atoms with E-state index < -0.39 is 0 Å². The summed E-state index contributed by atoms with van der Waals surface area (Å²) in [4.78, 5) is 2.68. The van der Waals surface area contributed by atoms with E-state index in [0.29, 0.717) is 23.4 Å². The highest BCUT2D eigenvalue weighted by atomic mass is 15.2. The van der Waals surface area contributed by atoms with Gasteiger partial charge in [0.15, 0.2) is 0 Å². The van der Waals surface area contributed by atoms with Crippen molar-refractivity contribution < 1.29 is 0 Å². The van der Waals surface area contributed by atoms with Crippen LogP contribution in [0, 0.1) is 17.3 Å². The lowest BCUT2D eigenvalue weighted by Gasteiger charge is -2.44. The molecule has 2 aliphatic carbocycles. The van der Waals surface area contributed by atoms with Crippen molar-refractivity contribution in [2.45, 2.75) is 71.9 Å². The molecule has 0 aromatic heterocycles. The Morgan fingerprint density at radius 1 is 1.17 bits per heavy atom. The van der Waals surface area contributed by atoms with Crippen LogP contribution >= 0.6 is 0 Å². The van der Waals surface area contributed by atoms with Gasteiger partial charge in [-0.25, -0.2) is 0 Å². The Hall–Kier alpha value is -0.0800. The lowest BCUT2D eigenvalue weighted by Crippen LogP contribution is -2.51. The van der Waals surface area contributed by atoms with Crippen molar-refractivity contribution in [3.05, 3.63) is 0 Å². The molecule has 0 aromatic rings. The molecule has 2 nitrogen and oxygen atoms in total. The van der Waals surface area contributed by atoms with Gasteiger partial charge in [-0.1, -0.05) is 20.3 Å². The maximum absolute atomic E-state index is 6.52. The van der Waals surface area contributed by atoms with E-state index in [2.05, 4.69) is 32.6 Å². The van der Waals surface area contributed by atoms with Gasteiger partial charge in [-0.2, -0.15) is 0 Å². The van der Waals surface area contributed by atoms with Crippen molar-refractivity contribution in [2.75, 3.05) is 13.1 Å². The van der Waals surface area contributed by atoms with E-state index >= 15 is 0 Å². The molecule has 0 saturated heterocycles. The van der Waals surface area contributed by atoms with E-state index in [1.807, 2.05) is 0 Å². The topological polar surface area (TPSA) is 29.3 Å². The molecule has 2 rings (SSSR count). The quantitative estimate of drug-likeness (QED) is 0.814. The minimum Gasteiger partial charge on any atom is -0.327 e. The fourth-order valence-electron chi connectivity index (χ4n) is 3.44. The van der Waals surface area contributed by atoms with Gasteiger partial charge in [0.25, 0.3) is 0 Å². The van der Waals surface area contributed by atoms with Gasteiger partial charge in [0.1, 0.15) is 0 Å². The van der Waals surface area contributed by atoms with Gasteiger partial charge < -0.3 is 10.6 Å². The Balaban J connectivity index is 1.92. The number of nitrogens with two attached hydrogens (primary N) is 1. The molecule has 0 radical (unpaired) electrons. The van der Waals surface area contributed by atoms with Crippen molar-refractivity contribution in [2.24, 2.45) is 23.0 Å². The summed E-state index contributed by atoms with van der Waals surface area (Å²) in [6, 6.07) is 1.05. The Morgan fingerprint density at radius 3 is 2.39 bits per heavy atom. The molecule has 0 spiro atoms. The number of hydrogen-bond acceptors (Lipinski definition) is 2. The summed E-state index contributed by atoms with van der Waals surface area (Å²) in [6.07, 6.45) is 6.89. The number of rotatable bonds is 5. The van der Waals surface area contributed by atoms with Gasteiger partial charge in [-0.05, 0) is 56.8 Å². The van der Waals surface area contributed by atoms with E-state index in [-0.39, 0.29) is 0 Å². The van der Waals surface area contributed by atoms with Crippen LogP contribution in [0.5, 0.6) is 0 Å². The third-order valence-electron chi connectivity index (χ3n) is 5.20. The molecule has 2 N–H and O–H groups in total. The van der Waals surface area contributed by atoms with Crippen molar-refractivity contribution in [3.8, 4) is 0 Å². The van der Waals surface area contributed by atoms with Crippen molar-refractivity contribution in [3.63, 3.8) is 0 Å². The van der Waals surface area contributed by atoms with Gasteiger partial charge >= 0.3 is 0 Å². The molecule has 0 aromatic carbocycles. The summed E-state index contributed by atoms with van der Waals surface area (Å²) in [5, 5.41) is 0. The maximum Gasteiger partial charge on any atom is 0.0131 e. The molecule has 0 amide bonds. The fourth-order valence-corrected chi connectivity index (χ4v) is 3.44. The standard InChI is InChI=1S/C16H32N2/c1-12(2)18(10-13-7-8-13)11-14-6-5-9-16(3,4)15(14)17/h12-15H,5-11,17H2,1-4H3. The fraction of sp³-hybridized carbons (Fsp3) is 1.00. The lowest BCUT2D eigenvalue weighted by atomic mass is 9.68. The zero-order valence-electron chi connectivity index (χ0n) is 12.8. The van der Waals surface area contributed by atoms with Crippen molar-refractivity contribution in [1.82, 2.24) is 4.90 Å². The molecule has 2 saturated carbocycles. The predicted octanol–water partition coefficient (Wildman–Crippen LogP) is 3.26. The van der Waals surface area contributed by atoms with E-state index in [1.165, 1.54) is 45.2 Å². The second kappa shape index (κ2) is 5.50. The molecule has 2 heteroatoms. The minimum absolute atomic E-state index is 0.338. The zero-order chi connectivity index (χ0) is 13.3. The molecule has 0 bridgehead atoms. The third-order valence-corrected chi connectivity index (χ3v) is 5.20. The van der Waals surface area contributed by atoms with Crippen LogP contribution in [0.15, 0.2) is 0 Å². The number of hydrogen-bond donors (Lipinski definition) is 1. The summed E-state index contributed by atoms with van der Waals surface area (Å²) < 4.78 is 0. The van der Waals surface area contributed by atoms with Crippen LogP contribution in [0.25, 0.3) is 0 Å². The highest BCUT2D eigenvalue weighted by Gasteiger charge is 2.37. The van der Waals surface area contributed by atoms with Crippen LogP contribution in [0.2, 0.25) is 0 Å². The normalized spacial score (nSPS) is 32.2. The van der Waals surface area contributed by atoms with Crippen LogP contribution in [0.3, 0.4) is 0 Å². The Labute approximate surface area is 113 Å². The molecule has 2 aliphatic rings. The lowest BCUT2D eigenvalue weighted by molar-refractivity contribution is 0.0876. The molecule has 106 valence electrons. The second-order valence-electron chi connectivity index (χ2n) is 7.66. The Morgan fingerprint density at radius 2 is 1.83 bits per heavy atom. The van der Waals surface area contributed by atoms with Gasteiger partial charge in [0.05, 0.1) is 0 Å². The molecule has 2 unspecified atom stereocenters. The first kappa shape index (κ1) is 14.3. The summed E-state index contributed by atoms with van der Waals surface area (Å²) in [5.74, 6) is 1.69.